The number of piperidine rings is 1. The summed E-state index contributed by atoms with van der Waals surface area (Å²) in [6.45, 7) is 0. The molecule has 220 valence electrons. The van der Waals surface area contributed by atoms with E-state index in [1.54, 1.807) is 6.20 Å². The van der Waals surface area contributed by atoms with Crippen molar-refractivity contribution in [2.24, 2.45) is 0 Å². The van der Waals surface area contributed by atoms with Crippen molar-refractivity contribution in [3.8, 4) is 22.4 Å². The maximum atomic E-state index is 13.1. The predicted molar refractivity (Wildman–Crippen MR) is 147 cm³/mol. The zero-order valence-corrected chi connectivity index (χ0v) is 23.2. The van der Waals surface area contributed by atoms with E-state index in [-0.39, 0.29) is 29.2 Å². The molecule has 6 rings (SSSR count). The number of amides is 1. The third-order valence-electron chi connectivity index (χ3n) is 8.10. The van der Waals surface area contributed by atoms with Gasteiger partial charge < -0.3 is 15.7 Å². The number of alkyl halides is 3. The predicted octanol–water partition coefficient (Wildman–Crippen LogP) is 3.60. The quantitative estimate of drug-likeness (QED) is 0.354. The Kier molecular flexibility index (Phi) is 6.72. The minimum Gasteiger partial charge on any atom is -0.382 e. The lowest BCUT2D eigenvalue weighted by molar-refractivity contribution is -0.212. The topological polar surface area (TPSA) is 144 Å². The molecule has 2 aliphatic rings. The molecule has 1 amide bonds. The Morgan fingerprint density at radius 1 is 1.05 bits per heavy atom. The van der Waals surface area contributed by atoms with E-state index in [0.29, 0.717) is 29.6 Å². The van der Waals surface area contributed by atoms with Crippen LogP contribution < -0.4 is 5.73 Å². The molecule has 1 aromatic carbocycles. The van der Waals surface area contributed by atoms with Crippen molar-refractivity contribution in [2.75, 3.05) is 12.0 Å². The normalized spacial score (nSPS) is 21.5. The van der Waals surface area contributed by atoms with Crippen LogP contribution in [0, 0.1) is 0 Å². The van der Waals surface area contributed by atoms with Crippen molar-refractivity contribution in [3.63, 3.8) is 0 Å². The summed E-state index contributed by atoms with van der Waals surface area (Å²) in [5.41, 5.74) is 9.84. The van der Waals surface area contributed by atoms with Gasteiger partial charge in [0.1, 0.15) is 10.7 Å². The van der Waals surface area contributed by atoms with Gasteiger partial charge in [-0.25, -0.2) is 13.4 Å². The monoisotopic (exact) mass is 600 g/mol. The molecule has 1 unspecified atom stereocenters. The molecule has 10 nitrogen and oxygen atoms in total. The number of halogens is 3. The van der Waals surface area contributed by atoms with Gasteiger partial charge in [0, 0.05) is 47.1 Å². The molecule has 0 spiro atoms. The number of carbonyl (C=O) groups is 1. The Morgan fingerprint density at radius 2 is 1.71 bits per heavy atom. The van der Waals surface area contributed by atoms with E-state index in [2.05, 4.69) is 10.1 Å². The molecule has 14 heteroatoms. The second-order valence-electron chi connectivity index (χ2n) is 10.8. The number of carbonyl (C=O) groups excluding carboxylic acids is 1. The fourth-order valence-electron chi connectivity index (χ4n) is 6.25. The van der Waals surface area contributed by atoms with Crippen molar-refractivity contribution < 1.29 is 31.5 Å². The average molecular weight is 601 g/mol. The Morgan fingerprint density at radius 3 is 2.29 bits per heavy atom. The number of hydrogen-bond donors (Lipinski definition) is 2. The number of aromatic nitrogens is 4. The van der Waals surface area contributed by atoms with Gasteiger partial charge in [0.15, 0.2) is 15.5 Å². The molecular formula is C28H27F3N6O4S. The summed E-state index contributed by atoms with van der Waals surface area (Å²) in [5.74, 6) is -2.02. The maximum absolute atomic E-state index is 13.1. The van der Waals surface area contributed by atoms with Crippen LogP contribution in [0.2, 0.25) is 0 Å². The van der Waals surface area contributed by atoms with Crippen LogP contribution in [0.3, 0.4) is 0 Å². The molecular weight excluding hydrogens is 573 g/mol. The molecule has 0 radical (unpaired) electrons. The van der Waals surface area contributed by atoms with Gasteiger partial charge in [0.2, 0.25) is 6.10 Å². The highest BCUT2D eigenvalue weighted by atomic mass is 32.2. The summed E-state index contributed by atoms with van der Waals surface area (Å²) in [7, 11) is -3.90. The fraction of sp³-hybridized carbons (Fsp3) is 0.357. The summed E-state index contributed by atoms with van der Waals surface area (Å²) >= 11 is 0. The fourth-order valence-corrected chi connectivity index (χ4v) is 7.31. The third-order valence-corrected chi connectivity index (χ3v) is 9.26. The highest BCUT2D eigenvalue weighted by Gasteiger charge is 2.52. The number of fused-ring (bicyclic) bond motifs is 3. The number of aliphatic hydroxyl groups is 1. The first kappa shape index (κ1) is 28.1. The van der Waals surface area contributed by atoms with Crippen LogP contribution in [-0.4, -0.2) is 74.5 Å². The van der Waals surface area contributed by atoms with Crippen molar-refractivity contribution in [2.45, 2.75) is 60.9 Å². The lowest BCUT2D eigenvalue weighted by Crippen LogP contribution is -2.53. The summed E-state index contributed by atoms with van der Waals surface area (Å²) < 4.78 is 66.5. The largest absolute Gasteiger partial charge is 0.423 e. The molecule has 2 fully saturated rings. The highest BCUT2D eigenvalue weighted by Crippen LogP contribution is 2.46. The molecule has 4 aromatic rings. The minimum absolute atomic E-state index is 0.129. The molecule has 3 N–H and O–H groups in total. The molecule has 4 atom stereocenters. The first-order valence-electron chi connectivity index (χ1n) is 13.3. The summed E-state index contributed by atoms with van der Waals surface area (Å²) in [5, 5.41) is 13.9. The van der Waals surface area contributed by atoms with Gasteiger partial charge in [-0.3, -0.25) is 9.78 Å². The number of aliphatic hydroxyl groups excluding tert-OH is 1. The summed E-state index contributed by atoms with van der Waals surface area (Å²) in [6, 6.07) is 12.1. The van der Waals surface area contributed by atoms with Crippen LogP contribution in [0.4, 0.5) is 19.0 Å². The standard InChI is InChI=1S/C28H27F3N6O4S/c1-42(40,41)23-22(17-11-18-8-9-19(12-17)36(18)27(39)24(38)28(29,30)31)35-26-20(14-34-37(26)25(23)32)16-7-10-21(33-13-16)15-5-3-2-4-6-15/h2-7,10,13-14,17-19,24,38H,8-9,11-12,32H2,1H3/t17-,18+,19-,24?. The molecule has 2 bridgehead atoms. The Balaban J connectivity index is 1.39. The number of benzene rings is 1. The van der Waals surface area contributed by atoms with Crippen LogP contribution in [0.5, 0.6) is 0 Å². The van der Waals surface area contributed by atoms with Gasteiger partial charge in [-0.05, 0) is 31.7 Å². The second-order valence-corrected chi connectivity index (χ2v) is 12.8. The van der Waals surface area contributed by atoms with Crippen molar-refractivity contribution >= 4 is 27.2 Å². The number of pyridine rings is 1. The van der Waals surface area contributed by atoms with E-state index >= 15 is 0 Å². The third kappa shape index (κ3) is 4.77. The van der Waals surface area contributed by atoms with Crippen LogP contribution in [-0.2, 0) is 14.6 Å². The number of sulfone groups is 1. The smallest absolute Gasteiger partial charge is 0.382 e. The first-order chi connectivity index (χ1) is 19.8. The van der Waals surface area contributed by atoms with E-state index in [1.165, 1.54) is 10.7 Å². The van der Waals surface area contributed by atoms with Gasteiger partial charge in [-0.1, -0.05) is 36.4 Å². The summed E-state index contributed by atoms with van der Waals surface area (Å²) in [4.78, 5) is 22.8. The lowest BCUT2D eigenvalue weighted by Gasteiger charge is -2.40. The van der Waals surface area contributed by atoms with E-state index in [1.807, 2.05) is 42.5 Å². The number of rotatable bonds is 5. The van der Waals surface area contributed by atoms with Gasteiger partial charge in [0.25, 0.3) is 5.91 Å². The molecule has 42 heavy (non-hydrogen) atoms. The van der Waals surface area contributed by atoms with Crippen LogP contribution >= 0.6 is 0 Å². The highest BCUT2D eigenvalue weighted by molar-refractivity contribution is 7.91. The number of nitrogen functional groups attached to an aromatic ring is 1. The Bertz CT molecular complexity index is 1760. The van der Waals surface area contributed by atoms with Crippen LogP contribution in [0.15, 0.2) is 59.8 Å². The Hall–Kier alpha value is -4.04. The van der Waals surface area contributed by atoms with E-state index in [0.717, 1.165) is 22.4 Å². The first-order valence-corrected chi connectivity index (χ1v) is 15.2. The number of nitrogens with zero attached hydrogens (tertiary/aromatic N) is 5. The maximum Gasteiger partial charge on any atom is 0.423 e. The van der Waals surface area contributed by atoms with E-state index in [9.17, 15) is 31.5 Å². The van der Waals surface area contributed by atoms with Crippen molar-refractivity contribution in [1.82, 2.24) is 24.5 Å². The molecule has 2 aliphatic heterocycles. The van der Waals surface area contributed by atoms with Crippen LogP contribution in [0.1, 0.15) is 37.3 Å². The molecule has 2 saturated heterocycles. The van der Waals surface area contributed by atoms with Crippen molar-refractivity contribution in [3.05, 3.63) is 60.6 Å². The van der Waals surface area contributed by atoms with Gasteiger partial charge in [-0.15, -0.1) is 0 Å². The molecule has 0 aliphatic carbocycles. The lowest BCUT2D eigenvalue weighted by atomic mass is 9.87. The number of nitrogens with two attached hydrogens (primary N) is 1. The van der Waals surface area contributed by atoms with E-state index < -0.39 is 46.0 Å². The van der Waals surface area contributed by atoms with Crippen molar-refractivity contribution in [1.29, 1.82) is 0 Å². The SMILES string of the molecule is CS(=O)(=O)c1c([C@H]2C[C@H]3CC[C@@H](C2)N3C(=O)C(O)C(F)(F)F)nc2c(-c3ccc(-c4ccccc4)nc3)cnn2c1N. The van der Waals surface area contributed by atoms with Gasteiger partial charge in [-0.2, -0.15) is 22.8 Å². The van der Waals surface area contributed by atoms with E-state index in [4.69, 9.17) is 10.7 Å². The average Bonchev–Trinajstić information content (AvgIpc) is 3.49. The summed E-state index contributed by atoms with van der Waals surface area (Å²) in [6.07, 6.45) is -2.77. The number of hydrogen-bond acceptors (Lipinski definition) is 8. The molecule has 3 aromatic heterocycles. The Labute approximate surface area is 238 Å². The zero-order valence-electron chi connectivity index (χ0n) is 22.4. The zero-order chi connectivity index (χ0) is 30.0. The number of anilines is 1. The molecule has 5 heterocycles. The van der Waals surface area contributed by atoms with Gasteiger partial charge >= 0.3 is 6.18 Å². The molecule has 0 saturated carbocycles. The second kappa shape index (κ2) is 10.1. The minimum atomic E-state index is -5.08. The van der Waals surface area contributed by atoms with Gasteiger partial charge in [0.05, 0.1) is 17.6 Å². The van der Waals surface area contributed by atoms with Crippen LogP contribution in [0.25, 0.3) is 28.0 Å².